The Labute approximate surface area is 142 Å². The molecule has 2 aromatic rings. The highest BCUT2D eigenvalue weighted by Gasteiger charge is 2.36. The molecule has 2 heterocycles. The van der Waals surface area contributed by atoms with Gasteiger partial charge in [0.2, 0.25) is 11.8 Å². The van der Waals surface area contributed by atoms with Gasteiger partial charge < -0.3 is 9.84 Å². The lowest BCUT2D eigenvalue weighted by Gasteiger charge is -2.13. The average molecular weight is 378 g/mol. The van der Waals surface area contributed by atoms with E-state index in [2.05, 4.69) is 26.4 Å². The van der Waals surface area contributed by atoms with Crippen molar-refractivity contribution in [1.82, 2.24) is 5.16 Å². The highest BCUT2D eigenvalue weighted by Crippen LogP contribution is 2.26. The van der Waals surface area contributed by atoms with Gasteiger partial charge in [-0.2, -0.15) is 0 Å². The van der Waals surface area contributed by atoms with Gasteiger partial charge in [-0.25, -0.2) is 0 Å². The number of halogens is 1. The third-order valence-corrected chi connectivity index (χ3v) is 4.68. The third kappa shape index (κ3) is 3.29. The minimum absolute atomic E-state index is 0.122. The fourth-order valence-electron chi connectivity index (χ4n) is 2.50. The molecule has 7 heteroatoms. The van der Waals surface area contributed by atoms with Gasteiger partial charge in [-0.3, -0.25) is 14.5 Å². The van der Waals surface area contributed by atoms with Crippen molar-refractivity contribution in [3.05, 3.63) is 40.1 Å². The van der Waals surface area contributed by atoms with Crippen molar-refractivity contribution in [3.63, 3.8) is 0 Å². The number of hydrogen-bond acceptors (Lipinski definition) is 4. The van der Waals surface area contributed by atoms with Crippen molar-refractivity contribution in [2.24, 2.45) is 5.92 Å². The number of aryl methyl sites for hydroxylation is 2. The predicted molar refractivity (Wildman–Crippen MR) is 89.2 cm³/mol. The van der Waals surface area contributed by atoms with Crippen LogP contribution in [0.15, 0.2) is 33.3 Å². The van der Waals surface area contributed by atoms with Gasteiger partial charge in [-0.05, 0) is 31.5 Å². The van der Waals surface area contributed by atoms with Crippen molar-refractivity contribution in [2.75, 3.05) is 16.8 Å². The van der Waals surface area contributed by atoms with Crippen LogP contribution in [0, 0.1) is 19.8 Å². The summed E-state index contributed by atoms with van der Waals surface area (Å²) in [6, 6.07) is 7.30. The topological polar surface area (TPSA) is 75.4 Å². The zero-order valence-corrected chi connectivity index (χ0v) is 14.4. The molecule has 1 aromatic carbocycles. The van der Waals surface area contributed by atoms with Crippen LogP contribution in [0.4, 0.5) is 11.5 Å². The van der Waals surface area contributed by atoms with E-state index in [1.807, 2.05) is 25.1 Å². The SMILES string of the molecule is Cc1cc(N2CC(C(=O)Nc3ccc(C)c(Br)c3)CC2=O)no1. The van der Waals surface area contributed by atoms with Gasteiger partial charge in [0.1, 0.15) is 5.76 Å². The average Bonchev–Trinajstić information content (AvgIpc) is 3.09. The first-order valence-electron chi connectivity index (χ1n) is 7.25. The number of carbonyl (C=O) groups is 2. The zero-order valence-electron chi connectivity index (χ0n) is 12.8. The van der Waals surface area contributed by atoms with E-state index in [-0.39, 0.29) is 18.2 Å². The van der Waals surface area contributed by atoms with Crippen LogP contribution in [-0.4, -0.2) is 23.5 Å². The quantitative estimate of drug-likeness (QED) is 0.891. The number of carbonyl (C=O) groups excluding carboxylic acids is 2. The molecule has 1 aliphatic heterocycles. The maximum Gasteiger partial charge on any atom is 0.229 e. The molecular weight excluding hydrogens is 362 g/mol. The van der Waals surface area contributed by atoms with E-state index in [4.69, 9.17) is 4.52 Å². The molecule has 0 radical (unpaired) electrons. The van der Waals surface area contributed by atoms with Crippen LogP contribution in [0.1, 0.15) is 17.7 Å². The monoisotopic (exact) mass is 377 g/mol. The van der Waals surface area contributed by atoms with Crippen LogP contribution in [0.2, 0.25) is 0 Å². The van der Waals surface area contributed by atoms with Gasteiger partial charge in [-0.1, -0.05) is 27.2 Å². The van der Waals surface area contributed by atoms with Gasteiger partial charge in [0.25, 0.3) is 0 Å². The number of benzene rings is 1. The molecule has 1 N–H and O–H groups in total. The van der Waals surface area contributed by atoms with Crippen LogP contribution in [0.3, 0.4) is 0 Å². The highest BCUT2D eigenvalue weighted by atomic mass is 79.9. The summed E-state index contributed by atoms with van der Waals surface area (Å²) >= 11 is 3.44. The van der Waals surface area contributed by atoms with Crippen molar-refractivity contribution in [1.29, 1.82) is 0 Å². The van der Waals surface area contributed by atoms with Crippen LogP contribution in [-0.2, 0) is 9.59 Å². The molecule has 120 valence electrons. The Kier molecular flexibility index (Phi) is 4.21. The maximum absolute atomic E-state index is 12.4. The van der Waals surface area contributed by atoms with E-state index in [9.17, 15) is 9.59 Å². The molecule has 1 aliphatic rings. The minimum atomic E-state index is -0.403. The van der Waals surface area contributed by atoms with Gasteiger partial charge in [-0.15, -0.1) is 0 Å². The van der Waals surface area contributed by atoms with Crippen molar-refractivity contribution in [3.8, 4) is 0 Å². The molecule has 0 aliphatic carbocycles. The minimum Gasteiger partial charge on any atom is -0.360 e. The summed E-state index contributed by atoms with van der Waals surface area (Å²) in [5.41, 5.74) is 1.79. The first-order valence-corrected chi connectivity index (χ1v) is 8.04. The second kappa shape index (κ2) is 6.16. The van der Waals surface area contributed by atoms with E-state index in [0.29, 0.717) is 23.8 Å². The summed E-state index contributed by atoms with van der Waals surface area (Å²) in [5, 5.41) is 6.70. The number of anilines is 2. The molecule has 6 nitrogen and oxygen atoms in total. The molecule has 23 heavy (non-hydrogen) atoms. The Morgan fingerprint density at radius 1 is 1.39 bits per heavy atom. The molecule has 1 atom stereocenters. The fourth-order valence-corrected chi connectivity index (χ4v) is 2.88. The standard InChI is InChI=1S/C16H16BrN3O3/c1-9-3-4-12(7-13(9)17)18-16(22)11-6-15(21)20(8-11)14-5-10(2)23-19-14/h3-5,7,11H,6,8H2,1-2H3,(H,18,22). The first kappa shape index (κ1) is 15.7. The van der Waals surface area contributed by atoms with Gasteiger partial charge in [0, 0.05) is 29.2 Å². The number of nitrogens with zero attached hydrogens (tertiary/aromatic N) is 2. The smallest absolute Gasteiger partial charge is 0.229 e. The molecule has 1 aromatic heterocycles. The van der Waals surface area contributed by atoms with Gasteiger partial charge in [0.05, 0.1) is 5.92 Å². The summed E-state index contributed by atoms with van der Waals surface area (Å²) in [7, 11) is 0. The van der Waals surface area contributed by atoms with Crippen LogP contribution < -0.4 is 10.2 Å². The van der Waals surface area contributed by atoms with E-state index in [0.717, 1.165) is 10.0 Å². The number of nitrogens with one attached hydrogen (secondary N) is 1. The van der Waals surface area contributed by atoms with Crippen molar-refractivity contribution >= 4 is 39.2 Å². The maximum atomic E-state index is 12.4. The fraction of sp³-hybridized carbons (Fsp3) is 0.312. The summed E-state index contributed by atoms with van der Waals surface area (Å²) in [5.74, 6) is 0.394. The Bertz CT molecular complexity index is 772. The third-order valence-electron chi connectivity index (χ3n) is 3.83. The Morgan fingerprint density at radius 2 is 2.17 bits per heavy atom. The number of hydrogen-bond donors (Lipinski definition) is 1. The molecular formula is C16H16BrN3O3. The second-order valence-corrected chi connectivity index (χ2v) is 6.51. The van der Waals surface area contributed by atoms with E-state index >= 15 is 0 Å². The molecule has 0 bridgehead atoms. The summed E-state index contributed by atoms with van der Waals surface area (Å²) in [4.78, 5) is 26.0. The molecule has 1 saturated heterocycles. The number of aromatic nitrogens is 1. The van der Waals surface area contributed by atoms with E-state index in [1.54, 1.807) is 13.0 Å². The summed E-state index contributed by atoms with van der Waals surface area (Å²) < 4.78 is 5.92. The Morgan fingerprint density at radius 3 is 2.83 bits per heavy atom. The summed E-state index contributed by atoms with van der Waals surface area (Å²) in [6.45, 7) is 4.04. The van der Waals surface area contributed by atoms with E-state index < -0.39 is 5.92 Å². The Balaban J connectivity index is 1.69. The molecule has 3 rings (SSSR count). The molecule has 1 unspecified atom stereocenters. The lowest BCUT2D eigenvalue weighted by atomic mass is 10.1. The summed E-state index contributed by atoms with van der Waals surface area (Å²) in [6.07, 6.45) is 0.171. The number of amides is 2. The molecule has 2 amide bonds. The van der Waals surface area contributed by atoms with Crippen LogP contribution in [0.25, 0.3) is 0 Å². The first-order chi connectivity index (χ1) is 10.9. The number of rotatable bonds is 3. The highest BCUT2D eigenvalue weighted by molar-refractivity contribution is 9.10. The van der Waals surface area contributed by atoms with Crippen molar-refractivity contribution < 1.29 is 14.1 Å². The van der Waals surface area contributed by atoms with Gasteiger partial charge in [0.15, 0.2) is 5.82 Å². The van der Waals surface area contributed by atoms with Gasteiger partial charge >= 0.3 is 0 Å². The largest absolute Gasteiger partial charge is 0.360 e. The molecule has 0 spiro atoms. The Hall–Kier alpha value is -2.15. The van der Waals surface area contributed by atoms with E-state index in [1.165, 1.54) is 4.90 Å². The van der Waals surface area contributed by atoms with Crippen LogP contribution >= 0.6 is 15.9 Å². The molecule has 0 saturated carbocycles. The zero-order chi connectivity index (χ0) is 16.6. The van der Waals surface area contributed by atoms with Crippen LogP contribution in [0.5, 0.6) is 0 Å². The lowest BCUT2D eigenvalue weighted by molar-refractivity contribution is -0.122. The lowest BCUT2D eigenvalue weighted by Crippen LogP contribution is -2.28. The second-order valence-electron chi connectivity index (χ2n) is 5.65. The molecule has 1 fully saturated rings. The predicted octanol–water partition coefficient (Wildman–Crippen LogP) is 3.05. The van der Waals surface area contributed by atoms with Crippen molar-refractivity contribution in [2.45, 2.75) is 20.3 Å². The normalized spacial score (nSPS) is 17.6.